The van der Waals surface area contributed by atoms with Crippen LogP contribution in [0.2, 0.25) is 0 Å². The van der Waals surface area contributed by atoms with Crippen molar-refractivity contribution in [1.82, 2.24) is 9.97 Å². The van der Waals surface area contributed by atoms with E-state index < -0.39 is 0 Å². The van der Waals surface area contributed by atoms with Gasteiger partial charge in [0.05, 0.1) is 12.6 Å². The zero-order valence-electron chi connectivity index (χ0n) is 15.2. The predicted molar refractivity (Wildman–Crippen MR) is 106 cm³/mol. The van der Waals surface area contributed by atoms with Gasteiger partial charge in [0, 0.05) is 18.0 Å². The minimum Gasteiger partial charge on any atom is -0.497 e. The Morgan fingerprint density at radius 1 is 1.12 bits per heavy atom. The van der Waals surface area contributed by atoms with Gasteiger partial charge in [0.25, 0.3) is 0 Å². The van der Waals surface area contributed by atoms with Gasteiger partial charge in [-0.2, -0.15) is 4.98 Å². The maximum atomic E-state index is 5.29. The van der Waals surface area contributed by atoms with Crippen LogP contribution in [0.3, 0.4) is 0 Å². The summed E-state index contributed by atoms with van der Waals surface area (Å²) in [5.41, 5.74) is 2.07. The lowest BCUT2D eigenvalue weighted by molar-refractivity contribution is 0.414. The maximum absolute atomic E-state index is 5.29. The Hall–Kier alpha value is -2.82. The molecule has 4 rings (SSSR count). The summed E-state index contributed by atoms with van der Waals surface area (Å²) in [7, 11) is 1.68. The van der Waals surface area contributed by atoms with Crippen LogP contribution in [0.25, 0.3) is 10.9 Å². The molecule has 0 amide bonds. The average Bonchev–Trinajstić information content (AvgIpc) is 3.52. The molecule has 0 radical (unpaired) electrons. The largest absolute Gasteiger partial charge is 0.497 e. The second kappa shape index (κ2) is 7.20. The summed E-state index contributed by atoms with van der Waals surface area (Å²) in [4.78, 5) is 9.41. The number of rotatable bonds is 7. The number of methoxy groups -OCH3 is 1. The number of ether oxygens (including phenoxy) is 1. The Labute approximate surface area is 153 Å². The quantitative estimate of drug-likeness (QED) is 0.660. The third-order valence-electron chi connectivity index (χ3n) is 4.88. The van der Waals surface area contributed by atoms with Crippen LogP contribution in [-0.4, -0.2) is 23.1 Å². The van der Waals surface area contributed by atoms with Gasteiger partial charge in [-0.3, -0.25) is 0 Å². The SMILES string of the molecule is COc1cccc(CNc2nc(N[C@H](C)C3CC3)c3ccccc3n2)c1. The van der Waals surface area contributed by atoms with Gasteiger partial charge >= 0.3 is 0 Å². The molecule has 5 heteroatoms. The summed E-state index contributed by atoms with van der Waals surface area (Å²) in [6.45, 7) is 2.88. The molecule has 1 fully saturated rings. The highest BCUT2D eigenvalue weighted by Gasteiger charge is 2.28. The fourth-order valence-corrected chi connectivity index (χ4v) is 3.16. The molecule has 134 valence electrons. The van der Waals surface area contributed by atoms with Gasteiger partial charge < -0.3 is 15.4 Å². The summed E-state index contributed by atoms with van der Waals surface area (Å²) >= 11 is 0. The van der Waals surface area contributed by atoms with Crippen LogP contribution < -0.4 is 15.4 Å². The molecular weight excluding hydrogens is 324 g/mol. The molecule has 2 N–H and O–H groups in total. The fourth-order valence-electron chi connectivity index (χ4n) is 3.16. The van der Waals surface area contributed by atoms with Crippen LogP contribution in [0.1, 0.15) is 25.3 Å². The Kier molecular flexibility index (Phi) is 4.61. The molecule has 0 aliphatic heterocycles. The van der Waals surface area contributed by atoms with Crippen molar-refractivity contribution in [2.45, 2.75) is 32.4 Å². The highest BCUT2D eigenvalue weighted by Crippen LogP contribution is 2.34. The minimum atomic E-state index is 0.430. The van der Waals surface area contributed by atoms with Gasteiger partial charge in [-0.05, 0) is 55.5 Å². The predicted octanol–water partition coefficient (Wildman–Crippen LogP) is 4.46. The maximum Gasteiger partial charge on any atom is 0.225 e. The van der Waals surface area contributed by atoms with E-state index >= 15 is 0 Å². The van der Waals surface area contributed by atoms with E-state index in [2.05, 4.69) is 34.7 Å². The van der Waals surface area contributed by atoms with Crippen molar-refractivity contribution in [3.05, 3.63) is 54.1 Å². The highest BCUT2D eigenvalue weighted by atomic mass is 16.5. The van der Waals surface area contributed by atoms with Crippen molar-refractivity contribution >= 4 is 22.7 Å². The minimum absolute atomic E-state index is 0.430. The normalized spacial score (nSPS) is 14.8. The molecule has 1 aliphatic carbocycles. The number of nitrogens with one attached hydrogen (secondary N) is 2. The van der Waals surface area contributed by atoms with Crippen molar-refractivity contribution in [2.24, 2.45) is 5.92 Å². The summed E-state index contributed by atoms with van der Waals surface area (Å²) in [5.74, 6) is 3.15. The Bertz CT molecular complexity index is 907. The van der Waals surface area contributed by atoms with Gasteiger partial charge in [-0.1, -0.05) is 24.3 Å². The number of hydrogen-bond acceptors (Lipinski definition) is 5. The van der Waals surface area contributed by atoms with Gasteiger partial charge in [0.2, 0.25) is 5.95 Å². The van der Waals surface area contributed by atoms with E-state index in [0.29, 0.717) is 18.5 Å². The highest BCUT2D eigenvalue weighted by molar-refractivity contribution is 5.90. The number of fused-ring (bicyclic) bond motifs is 1. The molecule has 0 spiro atoms. The van der Waals surface area contributed by atoms with Crippen LogP contribution in [-0.2, 0) is 6.54 Å². The number of hydrogen-bond donors (Lipinski definition) is 2. The first-order chi connectivity index (χ1) is 12.7. The van der Waals surface area contributed by atoms with E-state index in [1.165, 1.54) is 12.8 Å². The number of benzene rings is 2. The standard InChI is InChI=1S/C21H24N4O/c1-14(16-10-11-16)23-20-18-8-3-4-9-19(18)24-21(25-20)22-13-15-6-5-7-17(12-15)26-2/h3-9,12,14,16H,10-11,13H2,1-2H3,(H2,22,23,24,25)/t14-/m1/s1. The number of anilines is 2. The Balaban J connectivity index is 1.57. The lowest BCUT2D eigenvalue weighted by atomic mass is 10.2. The molecule has 26 heavy (non-hydrogen) atoms. The van der Waals surface area contributed by atoms with E-state index in [9.17, 15) is 0 Å². The van der Waals surface area contributed by atoms with E-state index in [0.717, 1.165) is 34.0 Å². The fraction of sp³-hybridized carbons (Fsp3) is 0.333. The third kappa shape index (κ3) is 3.72. The molecule has 2 aromatic carbocycles. The molecule has 0 unspecified atom stereocenters. The van der Waals surface area contributed by atoms with Crippen LogP contribution >= 0.6 is 0 Å². The molecule has 0 saturated heterocycles. The van der Waals surface area contributed by atoms with E-state index in [1.807, 2.05) is 36.4 Å². The molecule has 1 saturated carbocycles. The third-order valence-corrected chi connectivity index (χ3v) is 4.88. The zero-order valence-corrected chi connectivity index (χ0v) is 15.2. The first kappa shape index (κ1) is 16.6. The number of nitrogens with zero attached hydrogens (tertiary/aromatic N) is 2. The van der Waals surface area contributed by atoms with Crippen molar-refractivity contribution < 1.29 is 4.74 Å². The summed E-state index contributed by atoms with van der Waals surface area (Å²) < 4.78 is 5.29. The number of aromatic nitrogens is 2. The van der Waals surface area contributed by atoms with Gasteiger partial charge in [0.1, 0.15) is 11.6 Å². The van der Waals surface area contributed by atoms with Crippen molar-refractivity contribution in [3.63, 3.8) is 0 Å². The lowest BCUT2D eigenvalue weighted by Crippen LogP contribution is -2.19. The van der Waals surface area contributed by atoms with Crippen molar-refractivity contribution in [2.75, 3.05) is 17.7 Å². The topological polar surface area (TPSA) is 59.1 Å². The zero-order chi connectivity index (χ0) is 17.9. The number of para-hydroxylation sites is 1. The molecule has 1 heterocycles. The summed E-state index contributed by atoms with van der Waals surface area (Å²) in [6.07, 6.45) is 2.61. The molecule has 1 atom stereocenters. The van der Waals surface area contributed by atoms with Crippen molar-refractivity contribution in [1.29, 1.82) is 0 Å². The Morgan fingerprint density at radius 2 is 1.96 bits per heavy atom. The van der Waals surface area contributed by atoms with Gasteiger partial charge in [0.15, 0.2) is 0 Å². The summed E-state index contributed by atoms with van der Waals surface area (Å²) in [6, 6.07) is 16.6. The first-order valence-electron chi connectivity index (χ1n) is 9.13. The van der Waals surface area contributed by atoms with Gasteiger partial charge in [-0.25, -0.2) is 4.98 Å². The van der Waals surface area contributed by atoms with E-state index in [4.69, 9.17) is 9.72 Å². The molecule has 3 aromatic rings. The lowest BCUT2D eigenvalue weighted by Gasteiger charge is -2.16. The van der Waals surface area contributed by atoms with Crippen LogP contribution in [0.15, 0.2) is 48.5 Å². The Morgan fingerprint density at radius 3 is 2.77 bits per heavy atom. The molecule has 5 nitrogen and oxygen atoms in total. The van der Waals surface area contributed by atoms with Crippen molar-refractivity contribution in [3.8, 4) is 5.75 Å². The van der Waals surface area contributed by atoms with Crippen LogP contribution in [0.4, 0.5) is 11.8 Å². The van der Waals surface area contributed by atoms with Gasteiger partial charge in [-0.15, -0.1) is 0 Å². The first-order valence-corrected chi connectivity index (χ1v) is 9.13. The monoisotopic (exact) mass is 348 g/mol. The van der Waals surface area contributed by atoms with Crippen LogP contribution in [0, 0.1) is 5.92 Å². The second-order valence-electron chi connectivity index (χ2n) is 6.89. The second-order valence-corrected chi connectivity index (χ2v) is 6.89. The average molecular weight is 348 g/mol. The molecule has 0 bridgehead atoms. The van der Waals surface area contributed by atoms with E-state index in [1.54, 1.807) is 7.11 Å². The molecule has 1 aliphatic rings. The van der Waals surface area contributed by atoms with Crippen LogP contribution in [0.5, 0.6) is 5.75 Å². The summed E-state index contributed by atoms with van der Waals surface area (Å²) in [5, 5.41) is 8.00. The molecular formula is C21H24N4O. The van der Waals surface area contributed by atoms with E-state index in [-0.39, 0.29) is 0 Å². The molecule has 1 aromatic heterocycles. The smallest absolute Gasteiger partial charge is 0.225 e.